The van der Waals surface area contributed by atoms with Crippen molar-refractivity contribution in [1.82, 2.24) is 10.3 Å². The van der Waals surface area contributed by atoms with Crippen molar-refractivity contribution in [3.8, 4) is 0 Å². The standard InChI is InChI=1S/C6H11N3S/c1-4-5(3-8-2)10-6(7)9-4/h8H,3H2,1-2H3,(H2,7,9). The van der Waals surface area contributed by atoms with Crippen molar-refractivity contribution in [3.05, 3.63) is 10.6 Å². The summed E-state index contributed by atoms with van der Waals surface area (Å²) in [5.74, 6) is 0. The molecule has 1 aromatic heterocycles. The number of hydrogen-bond acceptors (Lipinski definition) is 4. The molecule has 0 unspecified atom stereocenters. The van der Waals surface area contributed by atoms with Crippen LogP contribution in [-0.4, -0.2) is 12.0 Å². The first-order valence-corrected chi connectivity index (χ1v) is 3.92. The number of rotatable bonds is 2. The molecule has 1 aromatic rings. The number of thiazole rings is 1. The molecule has 0 aliphatic carbocycles. The maximum absolute atomic E-state index is 5.49. The van der Waals surface area contributed by atoms with Crippen LogP contribution in [0.15, 0.2) is 0 Å². The topological polar surface area (TPSA) is 50.9 Å². The number of aryl methyl sites for hydroxylation is 1. The van der Waals surface area contributed by atoms with E-state index in [0.29, 0.717) is 5.13 Å². The van der Waals surface area contributed by atoms with E-state index in [1.807, 2.05) is 14.0 Å². The van der Waals surface area contributed by atoms with Gasteiger partial charge in [-0.2, -0.15) is 0 Å². The summed E-state index contributed by atoms with van der Waals surface area (Å²) < 4.78 is 0. The Morgan fingerprint density at radius 1 is 1.70 bits per heavy atom. The van der Waals surface area contributed by atoms with Gasteiger partial charge in [0.25, 0.3) is 0 Å². The van der Waals surface area contributed by atoms with E-state index in [9.17, 15) is 0 Å². The average Bonchev–Trinajstić information content (AvgIpc) is 2.13. The van der Waals surface area contributed by atoms with Gasteiger partial charge in [0.05, 0.1) is 5.69 Å². The van der Waals surface area contributed by atoms with Crippen molar-refractivity contribution < 1.29 is 0 Å². The van der Waals surface area contributed by atoms with E-state index in [1.165, 1.54) is 4.88 Å². The minimum absolute atomic E-state index is 0.655. The number of nitrogen functional groups attached to an aromatic ring is 1. The van der Waals surface area contributed by atoms with E-state index in [4.69, 9.17) is 5.73 Å². The van der Waals surface area contributed by atoms with Gasteiger partial charge in [0, 0.05) is 11.4 Å². The largest absolute Gasteiger partial charge is 0.375 e. The zero-order chi connectivity index (χ0) is 7.56. The van der Waals surface area contributed by atoms with Gasteiger partial charge >= 0.3 is 0 Å². The lowest BCUT2D eigenvalue weighted by atomic mass is 10.4. The predicted octanol–water partition coefficient (Wildman–Crippen LogP) is 0.753. The van der Waals surface area contributed by atoms with Gasteiger partial charge in [-0.25, -0.2) is 4.98 Å². The van der Waals surface area contributed by atoms with Gasteiger partial charge in [-0.3, -0.25) is 0 Å². The van der Waals surface area contributed by atoms with Crippen LogP contribution in [0.2, 0.25) is 0 Å². The number of hydrogen-bond donors (Lipinski definition) is 2. The molecule has 0 saturated carbocycles. The van der Waals surface area contributed by atoms with E-state index in [1.54, 1.807) is 11.3 Å². The minimum Gasteiger partial charge on any atom is -0.375 e. The molecule has 0 atom stereocenters. The summed E-state index contributed by atoms with van der Waals surface area (Å²) >= 11 is 1.54. The van der Waals surface area contributed by atoms with Crippen LogP contribution >= 0.6 is 11.3 Å². The molecular weight excluding hydrogens is 146 g/mol. The second-order valence-electron chi connectivity index (χ2n) is 2.09. The quantitative estimate of drug-likeness (QED) is 0.666. The SMILES string of the molecule is CNCc1sc(N)nc1C. The number of anilines is 1. The molecule has 0 amide bonds. The lowest BCUT2D eigenvalue weighted by molar-refractivity contribution is 0.823. The van der Waals surface area contributed by atoms with Crippen LogP contribution < -0.4 is 11.1 Å². The van der Waals surface area contributed by atoms with Crippen LogP contribution in [0, 0.1) is 6.92 Å². The van der Waals surface area contributed by atoms with Crippen LogP contribution in [0.5, 0.6) is 0 Å². The van der Waals surface area contributed by atoms with Gasteiger partial charge < -0.3 is 11.1 Å². The number of nitrogens with one attached hydrogen (secondary N) is 1. The summed E-state index contributed by atoms with van der Waals surface area (Å²) in [6.07, 6.45) is 0. The second-order valence-corrected chi connectivity index (χ2v) is 3.21. The molecule has 0 saturated heterocycles. The number of nitrogens with two attached hydrogens (primary N) is 1. The molecule has 3 N–H and O–H groups in total. The third kappa shape index (κ3) is 1.46. The van der Waals surface area contributed by atoms with Crippen LogP contribution in [-0.2, 0) is 6.54 Å². The molecular formula is C6H11N3S. The molecule has 0 radical (unpaired) electrons. The third-order valence-electron chi connectivity index (χ3n) is 1.25. The van der Waals surface area contributed by atoms with E-state index < -0.39 is 0 Å². The fraction of sp³-hybridized carbons (Fsp3) is 0.500. The Morgan fingerprint density at radius 2 is 2.40 bits per heavy atom. The Balaban J connectivity index is 2.81. The Morgan fingerprint density at radius 3 is 2.80 bits per heavy atom. The van der Waals surface area contributed by atoms with Crippen LogP contribution in [0.3, 0.4) is 0 Å². The zero-order valence-corrected chi connectivity index (χ0v) is 6.96. The van der Waals surface area contributed by atoms with E-state index in [0.717, 1.165) is 12.2 Å². The van der Waals surface area contributed by atoms with Crippen molar-refractivity contribution >= 4 is 16.5 Å². The molecule has 0 aliphatic heterocycles. The second kappa shape index (κ2) is 2.98. The van der Waals surface area contributed by atoms with Crippen LogP contribution in [0.4, 0.5) is 5.13 Å². The molecule has 1 heterocycles. The zero-order valence-electron chi connectivity index (χ0n) is 6.14. The summed E-state index contributed by atoms with van der Waals surface area (Å²) in [4.78, 5) is 5.31. The Kier molecular flexibility index (Phi) is 2.24. The Bertz CT molecular complexity index is 219. The minimum atomic E-state index is 0.655. The molecule has 0 fully saturated rings. The first-order valence-electron chi connectivity index (χ1n) is 3.10. The maximum atomic E-state index is 5.49. The van der Waals surface area contributed by atoms with E-state index in [-0.39, 0.29) is 0 Å². The van der Waals surface area contributed by atoms with Gasteiger partial charge in [-0.05, 0) is 14.0 Å². The lowest BCUT2D eigenvalue weighted by Gasteiger charge is -1.92. The Hall–Kier alpha value is -0.610. The van der Waals surface area contributed by atoms with Crippen molar-refractivity contribution in [1.29, 1.82) is 0 Å². The summed E-state index contributed by atoms with van der Waals surface area (Å²) in [5, 5.41) is 3.71. The van der Waals surface area contributed by atoms with E-state index >= 15 is 0 Å². The summed E-state index contributed by atoms with van der Waals surface area (Å²) in [6, 6.07) is 0. The highest BCUT2D eigenvalue weighted by molar-refractivity contribution is 7.15. The van der Waals surface area contributed by atoms with Crippen molar-refractivity contribution in [3.63, 3.8) is 0 Å². The first-order chi connectivity index (χ1) is 4.74. The fourth-order valence-electron chi connectivity index (χ4n) is 0.775. The van der Waals surface area contributed by atoms with Gasteiger partial charge in [-0.15, -0.1) is 11.3 Å². The average molecular weight is 157 g/mol. The molecule has 4 heteroatoms. The number of aromatic nitrogens is 1. The predicted molar refractivity (Wildman–Crippen MR) is 44.0 cm³/mol. The van der Waals surface area contributed by atoms with Gasteiger partial charge in [-0.1, -0.05) is 0 Å². The van der Waals surface area contributed by atoms with Gasteiger partial charge in [0.1, 0.15) is 0 Å². The molecule has 1 rings (SSSR count). The monoisotopic (exact) mass is 157 g/mol. The molecule has 0 spiro atoms. The van der Waals surface area contributed by atoms with Gasteiger partial charge in [0.15, 0.2) is 5.13 Å². The highest BCUT2D eigenvalue weighted by atomic mass is 32.1. The lowest BCUT2D eigenvalue weighted by Crippen LogP contribution is -2.04. The summed E-state index contributed by atoms with van der Waals surface area (Å²) in [7, 11) is 1.91. The molecule has 0 aliphatic rings. The first kappa shape index (κ1) is 7.50. The van der Waals surface area contributed by atoms with Gasteiger partial charge in [0.2, 0.25) is 0 Å². The smallest absolute Gasteiger partial charge is 0.180 e. The summed E-state index contributed by atoms with van der Waals surface area (Å²) in [5.41, 5.74) is 6.53. The molecule has 3 nitrogen and oxygen atoms in total. The summed E-state index contributed by atoms with van der Waals surface area (Å²) in [6.45, 7) is 2.83. The highest BCUT2D eigenvalue weighted by Gasteiger charge is 2.02. The highest BCUT2D eigenvalue weighted by Crippen LogP contribution is 2.18. The van der Waals surface area contributed by atoms with E-state index in [2.05, 4.69) is 10.3 Å². The molecule has 10 heavy (non-hydrogen) atoms. The maximum Gasteiger partial charge on any atom is 0.180 e. The number of nitrogens with zero attached hydrogens (tertiary/aromatic N) is 1. The van der Waals surface area contributed by atoms with Crippen LogP contribution in [0.25, 0.3) is 0 Å². The molecule has 0 bridgehead atoms. The Labute approximate surface area is 64.3 Å². The van der Waals surface area contributed by atoms with Crippen molar-refractivity contribution in [2.45, 2.75) is 13.5 Å². The van der Waals surface area contributed by atoms with Crippen molar-refractivity contribution in [2.24, 2.45) is 0 Å². The van der Waals surface area contributed by atoms with Crippen molar-refractivity contribution in [2.75, 3.05) is 12.8 Å². The normalized spacial score (nSPS) is 10.2. The molecule has 0 aromatic carbocycles. The van der Waals surface area contributed by atoms with Crippen LogP contribution in [0.1, 0.15) is 10.6 Å². The third-order valence-corrected chi connectivity index (χ3v) is 2.23. The fourth-order valence-corrected chi connectivity index (χ4v) is 1.62. The molecule has 56 valence electrons.